The lowest BCUT2D eigenvalue weighted by atomic mass is 10.4. The van der Waals surface area contributed by atoms with Crippen molar-refractivity contribution in [2.24, 2.45) is 5.84 Å². The number of likely N-dealkylation sites (N-methyl/N-ethyl adjacent to an activating group) is 1. The molecule has 0 atom stereocenters. The van der Waals surface area contributed by atoms with Crippen LogP contribution in [0.1, 0.15) is 12.8 Å². The van der Waals surface area contributed by atoms with E-state index in [1.54, 1.807) is 0 Å². The van der Waals surface area contributed by atoms with E-state index in [4.69, 9.17) is 5.84 Å². The number of hydrogen-bond acceptors (Lipinski definition) is 6. The lowest BCUT2D eigenvalue weighted by Crippen LogP contribution is -2.34. The summed E-state index contributed by atoms with van der Waals surface area (Å²) in [5, 5.41) is 0. The highest BCUT2D eigenvalue weighted by molar-refractivity contribution is 7.89. The first-order chi connectivity index (χ1) is 9.04. The van der Waals surface area contributed by atoms with Crippen LogP contribution < -0.4 is 16.0 Å². The molecule has 0 unspecified atom stereocenters. The first-order valence-corrected chi connectivity index (χ1v) is 7.63. The van der Waals surface area contributed by atoms with E-state index in [0.29, 0.717) is 24.8 Å². The van der Waals surface area contributed by atoms with Gasteiger partial charge in [0.05, 0.1) is 5.69 Å². The van der Waals surface area contributed by atoms with Gasteiger partial charge in [0.15, 0.2) is 0 Å². The predicted octanol–water partition coefficient (Wildman–Crippen LogP) is -0.260. The van der Waals surface area contributed by atoms with E-state index in [0.717, 1.165) is 0 Å². The van der Waals surface area contributed by atoms with Crippen LogP contribution in [0, 0.1) is 0 Å². The van der Waals surface area contributed by atoms with Gasteiger partial charge in [0.25, 0.3) is 0 Å². The van der Waals surface area contributed by atoms with Crippen LogP contribution in [0.15, 0.2) is 23.4 Å². The topological polar surface area (TPSA) is 100 Å². The summed E-state index contributed by atoms with van der Waals surface area (Å²) in [5.74, 6) is 5.29. The van der Waals surface area contributed by atoms with Crippen molar-refractivity contribution in [3.05, 3.63) is 18.5 Å². The number of nitrogens with one attached hydrogen (secondary N) is 2. The van der Waals surface area contributed by atoms with Crippen LogP contribution in [0.2, 0.25) is 0 Å². The lowest BCUT2D eigenvalue weighted by Gasteiger charge is -2.16. The van der Waals surface area contributed by atoms with E-state index in [1.807, 2.05) is 7.05 Å². The van der Waals surface area contributed by atoms with Crippen LogP contribution in [0.4, 0.5) is 5.69 Å². The fourth-order valence-corrected chi connectivity index (χ4v) is 2.98. The summed E-state index contributed by atoms with van der Waals surface area (Å²) in [4.78, 5) is 6.04. The molecule has 7 nitrogen and oxygen atoms in total. The first-order valence-electron chi connectivity index (χ1n) is 6.15. The molecule has 1 aliphatic rings. The minimum absolute atomic E-state index is 0.0616. The van der Waals surface area contributed by atoms with Crippen molar-refractivity contribution in [3.8, 4) is 0 Å². The van der Waals surface area contributed by atoms with Gasteiger partial charge in [-0.2, -0.15) is 0 Å². The van der Waals surface area contributed by atoms with Gasteiger partial charge in [-0.15, -0.1) is 0 Å². The molecule has 0 radical (unpaired) electrons. The maximum atomic E-state index is 12.1. The van der Waals surface area contributed by atoms with E-state index in [9.17, 15) is 8.42 Å². The lowest BCUT2D eigenvalue weighted by molar-refractivity contribution is 0.329. The molecule has 0 bridgehead atoms. The predicted molar refractivity (Wildman–Crippen MR) is 72.9 cm³/mol. The maximum Gasteiger partial charge on any atom is 0.244 e. The summed E-state index contributed by atoms with van der Waals surface area (Å²) >= 11 is 0. The molecule has 8 heteroatoms. The van der Waals surface area contributed by atoms with E-state index in [2.05, 4.69) is 20.0 Å². The van der Waals surface area contributed by atoms with Gasteiger partial charge in [-0.3, -0.25) is 10.8 Å². The summed E-state index contributed by atoms with van der Waals surface area (Å²) in [6.07, 6.45) is 5.16. The van der Waals surface area contributed by atoms with Crippen molar-refractivity contribution in [2.45, 2.75) is 23.8 Å². The van der Waals surface area contributed by atoms with E-state index < -0.39 is 10.0 Å². The highest BCUT2D eigenvalue weighted by Crippen LogP contribution is 2.24. The molecule has 0 aliphatic heterocycles. The standard InChI is InChI=1S/C11H19N5O2S/c1-16(9-2-3-9)7-6-14-19(17,18)11-8-13-5-4-10(11)15-12/h4-5,8-9,14H,2-3,6-7,12H2,1H3,(H,13,15). The van der Waals surface area contributed by atoms with Crippen molar-refractivity contribution >= 4 is 15.7 Å². The Labute approximate surface area is 113 Å². The Morgan fingerprint density at radius 2 is 2.26 bits per heavy atom. The quantitative estimate of drug-likeness (QED) is 0.471. The van der Waals surface area contributed by atoms with Gasteiger partial charge in [-0.1, -0.05) is 0 Å². The summed E-state index contributed by atoms with van der Waals surface area (Å²) in [6.45, 7) is 1.06. The normalized spacial score (nSPS) is 15.7. The number of nitrogens with zero attached hydrogens (tertiary/aromatic N) is 2. The highest BCUT2D eigenvalue weighted by atomic mass is 32.2. The molecule has 1 aromatic heterocycles. The molecule has 1 saturated carbocycles. The number of sulfonamides is 1. The first kappa shape index (κ1) is 14.2. The van der Waals surface area contributed by atoms with Crippen LogP contribution in [-0.4, -0.2) is 44.5 Å². The van der Waals surface area contributed by atoms with Crippen LogP contribution in [0.25, 0.3) is 0 Å². The zero-order chi connectivity index (χ0) is 13.9. The van der Waals surface area contributed by atoms with Gasteiger partial charge in [0.2, 0.25) is 10.0 Å². The molecule has 106 valence electrons. The molecule has 1 heterocycles. The molecule has 19 heavy (non-hydrogen) atoms. The van der Waals surface area contributed by atoms with Crippen LogP contribution >= 0.6 is 0 Å². The molecular formula is C11H19N5O2S. The Hall–Kier alpha value is -1.22. The Balaban J connectivity index is 1.97. The Morgan fingerprint density at radius 1 is 1.53 bits per heavy atom. The van der Waals surface area contributed by atoms with Crippen molar-refractivity contribution in [1.82, 2.24) is 14.6 Å². The molecule has 0 saturated heterocycles. The number of rotatable bonds is 7. The summed E-state index contributed by atoms with van der Waals surface area (Å²) in [5.41, 5.74) is 2.69. The number of nitrogen functional groups attached to an aromatic ring is 1. The summed E-state index contributed by atoms with van der Waals surface area (Å²) < 4.78 is 26.8. The minimum Gasteiger partial charge on any atom is -0.323 e. The van der Waals surface area contributed by atoms with Crippen LogP contribution in [-0.2, 0) is 10.0 Å². The number of hydrazine groups is 1. The third kappa shape index (κ3) is 3.63. The van der Waals surface area contributed by atoms with Crippen LogP contribution in [0.3, 0.4) is 0 Å². The van der Waals surface area contributed by atoms with E-state index in [-0.39, 0.29) is 4.90 Å². The number of nitrogens with two attached hydrogens (primary N) is 1. The molecule has 0 amide bonds. The molecule has 0 aromatic carbocycles. The van der Waals surface area contributed by atoms with Crippen molar-refractivity contribution in [3.63, 3.8) is 0 Å². The Bertz CT molecular complexity index is 530. The van der Waals surface area contributed by atoms with Gasteiger partial charge in [0.1, 0.15) is 4.90 Å². The van der Waals surface area contributed by atoms with Gasteiger partial charge in [-0.25, -0.2) is 13.1 Å². The Morgan fingerprint density at radius 3 is 2.89 bits per heavy atom. The monoisotopic (exact) mass is 285 g/mol. The van der Waals surface area contributed by atoms with Gasteiger partial charge >= 0.3 is 0 Å². The van der Waals surface area contributed by atoms with Crippen molar-refractivity contribution < 1.29 is 8.42 Å². The molecular weight excluding hydrogens is 266 g/mol. The maximum absolute atomic E-state index is 12.1. The van der Waals surface area contributed by atoms with Gasteiger partial charge < -0.3 is 10.3 Å². The van der Waals surface area contributed by atoms with Crippen molar-refractivity contribution in [1.29, 1.82) is 0 Å². The smallest absolute Gasteiger partial charge is 0.244 e. The largest absolute Gasteiger partial charge is 0.323 e. The molecule has 2 rings (SSSR count). The zero-order valence-electron chi connectivity index (χ0n) is 10.8. The molecule has 0 spiro atoms. The molecule has 1 aromatic rings. The Kier molecular flexibility index (Phi) is 4.35. The average molecular weight is 285 g/mol. The summed E-state index contributed by atoms with van der Waals surface area (Å²) in [6, 6.07) is 2.13. The average Bonchev–Trinajstić information content (AvgIpc) is 3.22. The van der Waals surface area contributed by atoms with Crippen molar-refractivity contribution in [2.75, 3.05) is 25.6 Å². The fraction of sp³-hybridized carbons (Fsp3) is 0.545. The summed E-state index contributed by atoms with van der Waals surface area (Å²) in [7, 11) is -1.58. The van der Waals surface area contributed by atoms with Gasteiger partial charge in [0, 0.05) is 31.5 Å². The number of pyridine rings is 1. The highest BCUT2D eigenvalue weighted by Gasteiger charge is 2.26. The SMILES string of the molecule is CN(CCNS(=O)(=O)c1cnccc1NN)C1CC1. The van der Waals surface area contributed by atoms with E-state index >= 15 is 0 Å². The minimum atomic E-state index is -3.59. The fourth-order valence-electron chi connectivity index (χ4n) is 1.85. The number of hydrogen-bond donors (Lipinski definition) is 3. The molecule has 1 aliphatic carbocycles. The molecule has 4 N–H and O–H groups in total. The zero-order valence-corrected chi connectivity index (χ0v) is 11.7. The second-order valence-electron chi connectivity index (χ2n) is 4.63. The third-order valence-corrected chi connectivity index (χ3v) is 4.64. The second kappa shape index (κ2) is 5.83. The van der Waals surface area contributed by atoms with Crippen LogP contribution in [0.5, 0.6) is 0 Å². The second-order valence-corrected chi connectivity index (χ2v) is 6.36. The third-order valence-electron chi connectivity index (χ3n) is 3.16. The van der Waals surface area contributed by atoms with E-state index in [1.165, 1.54) is 31.3 Å². The van der Waals surface area contributed by atoms with Gasteiger partial charge in [-0.05, 0) is 26.0 Å². The number of aromatic nitrogens is 1. The number of anilines is 1. The molecule has 1 fully saturated rings.